The quantitative estimate of drug-likeness (QED) is 0.0964. The Morgan fingerprint density at radius 1 is 1.06 bits per heavy atom. The van der Waals surface area contributed by atoms with Crippen molar-refractivity contribution in [3.05, 3.63) is 71.5 Å². The first kappa shape index (κ1) is 47.6. The molecule has 0 spiro atoms. The van der Waals surface area contributed by atoms with Crippen LogP contribution in [0.15, 0.2) is 54.7 Å². The number of cyclic esters (lactones) is 1. The number of hydrogen-bond donors (Lipinski definition) is 5. The van der Waals surface area contributed by atoms with E-state index in [2.05, 4.69) is 64.9 Å². The molecule has 1 saturated carbocycles. The van der Waals surface area contributed by atoms with Crippen LogP contribution >= 0.6 is 0 Å². The van der Waals surface area contributed by atoms with Gasteiger partial charge in [0.15, 0.2) is 0 Å². The van der Waals surface area contributed by atoms with E-state index in [0.29, 0.717) is 42.9 Å². The lowest BCUT2D eigenvalue weighted by Gasteiger charge is -2.36. The van der Waals surface area contributed by atoms with Gasteiger partial charge in [-0.1, -0.05) is 39.8 Å². The maximum Gasteiger partial charge on any atom is 0.324 e. The van der Waals surface area contributed by atoms with Crippen LogP contribution in [-0.2, 0) is 52.8 Å². The number of phenols is 1. The molecule has 3 fully saturated rings. The Balaban J connectivity index is 1.16. The number of ether oxygens (including phenoxy) is 2. The second-order valence-electron chi connectivity index (χ2n) is 20.0. The van der Waals surface area contributed by atoms with Crippen LogP contribution in [0.5, 0.6) is 5.75 Å². The molecule has 1 unspecified atom stereocenters. The zero-order valence-electron chi connectivity index (χ0n) is 40.0. The number of amides is 4. The first-order valence-corrected chi connectivity index (χ1v) is 23.8. The Kier molecular flexibility index (Phi) is 13.8. The van der Waals surface area contributed by atoms with E-state index >= 15 is 0 Å². The molecule has 2 aromatic carbocycles. The Bertz CT molecular complexity index is 2550. The van der Waals surface area contributed by atoms with Gasteiger partial charge in [0.1, 0.15) is 29.9 Å². The Hall–Kier alpha value is -5.84. The van der Waals surface area contributed by atoms with Gasteiger partial charge in [0.25, 0.3) is 5.91 Å². The third-order valence-corrected chi connectivity index (χ3v) is 13.8. The van der Waals surface area contributed by atoms with Gasteiger partial charge in [-0.15, -0.1) is 0 Å². The number of esters is 1. The van der Waals surface area contributed by atoms with Crippen LogP contribution in [-0.4, -0.2) is 118 Å². The molecule has 0 radical (unpaired) electrons. The predicted octanol–water partition coefficient (Wildman–Crippen LogP) is 4.80. The number of nitrogens with one attached hydrogen (secondary N) is 4. The molecule has 5 N–H and O–H groups in total. The highest BCUT2D eigenvalue weighted by molar-refractivity contribution is 5.96. The van der Waals surface area contributed by atoms with Crippen LogP contribution in [0.3, 0.4) is 0 Å². The van der Waals surface area contributed by atoms with E-state index in [-0.39, 0.29) is 61.9 Å². The molecule has 4 aromatic rings. The molecule has 2 saturated heterocycles. The van der Waals surface area contributed by atoms with Gasteiger partial charge >= 0.3 is 5.97 Å². The molecule has 67 heavy (non-hydrogen) atoms. The first-order chi connectivity index (χ1) is 32.0. The minimum Gasteiger partial charge on any atom is -0.508 e. The highest BCUT2D eigenvalue weighted by Gasteiger charge is 2.51. The number of aromatic nitrogens is 2. The monoisotopic (exact) mass is 919 g/mol. The number of hydrogen-bond acceptors (Lipinski definition) is 11. The minimum absolute atomic E-state index is 0.0163. The number of nitrogens with zero attached hydrogens (tertiary/aromatic N) is 4. The van der Waals surface area contributed by atoms with E-state index in [1.165, 1.54) is 17.0 Å². The lowest BCUT2D eigenvalue weighted by atomic mass is 9.84. The van der Waals surface area contributed by atoms with Crippen LogP contribution < -0.4 is 21.4 Å². The van der Waals surface area contributed by atoms with E-state index in [4.69, 9.17) is 14.5 Å². The van der Waals surface area contributed by atoms with Crippen LogP contribution in [0.2, 0.25) is 0 Å². The van der Waals surface area contributed by atoms with Crippen LogP contribution in [0.1, 0.15) is 90.2 Å². The van der Waals surface area contributed by atoms with Gasteiger partial charge < -0.3 is 34.7 Å². The van der Waals surface area contributed by atoms with Crippen LogP contribution in [0.25, 0.3) is 33.3 Å². The number of benzene rings is 2. The Labute approximate surface area is 392 Å². The number of carbonyl (C=O) groups excluding carboxylic acids is 5. The fraction of sp³-hybridized carbons (Fsp3) is 0.529. The van der Waals surface area contributed by atoms with Gasteiger partial charge in [0, 0.05) is 67.8 Å². The number of aryl methyl sites for hydroxylation is 1. The van der Waals surface area contributed by atoms with Gasteiger partial charge in [-0.3, -0.25) is 39.3 Å². The van der Waals surface area contributed by atoms with E-state index in [9.17, 15) is 29.1 Å². The van der Waals surface area contributed by atoms with E-state index < -0.39 is 47.2 Å². The van der Waals surface area contributed by atoms with Gasteiger partial charge in [0.2, 0.25) is 17.7 Å². The predicted molar refractivity (Wildman–Crippen MR) is 253 cm³/mol. The number of pyridine rings is 1. The summed E-state index contributed by atoms with van der Waals surface area (Å²) in [5, 5.41) is 22.6. The fourth-order valence-corrected chi connectivity index (χ4v) is 10.1. The summed E-state index contributed by atoms with van der Waals surface area (Å²) in [7, 11) is 3.19. The molecule has 8 rings (SSSR count). The molecule has 1 aliphatic carbocycles. The Morgan fingerprint density at radius 3 is 2.55 bits per heavy atom. The number of rotatable bonds is 12. The minimum atomic E-state index is -1.18. The van der Waals surface area contributed by atoms with Gasteiger partial charge in [0.05, 0.1) is 30.6 Å². The number of hydrazine groups is 1. The molecule has 358 valence electrons. The zero-order chi connectivity index (χ0) is 47.9. The average molecular weight is 919 g/mol. The van der Waals surface area contributed by atoms with E-state index in [1.807, 2.05) is 39.0 Å². The first-order valence-electron chi connectivity index (χ1n) is 23.8. The molecular weight excluding hydrogens is 853 g/mol. The average Bonchev–Trinajstić information content (AvgIpc) is 4.25. The summed E-state index contributed by atoms with van der Waals surface area (Å²) in [6, 6.07) is 12.3. The van der Waals surface area contributed by atoms with Crippen molar-refractivity contribution in [1.29, 1.82) is 0 Å². The molecule has 2 aromatic heterocycles. The largest absolute Gasteiger partial charge is 0.508 e. The standard InChI is InChI=1S/C51H66N8O8/c1-9-58-40-17-16-32-24-36(40)37(46(58)35-12-10-18-52-42(35)29(4)66-8)25-51(5,6)27-67-50(65)38-13-11-19-59(56-38)49(64)39(22-30-20-33(32)23-34(60)21-30)54-48(63)45(28(2)3)57(7)41(61)26-53-47(62)44-43(55-44)31-14-15-31/h10,12,16-18,20-21,23-24,28-29,31,38-39,43-45,55-56,60H,9,11,13-15,19,22,25-27H2,1-8H3,(H,53,62)(H,54,63)/t29-,38-,39-,43+,44+,45?/m0/s1. The van der Waals surface area contributed by atoms with Gasteiger partial charge in [-0.05, 0) is 116 Å². The molecule has 3 aliphatic heterocycles. The van der Waals surface area contributed by atoms with Crippen molar-refractivity contribution >= 4 is 40.5 Å². The van der Waals surface area contributed by atoms with Crippen molar-refractivity contribution in [2.45, 2.75) is 123 Å². The molecule has 4 amide bonds. The van der Waals surface area contributed by atoms with E-state index in [0.717, 1.165) is 51.8 Å². The van der Waals surface area contributed by atoms with Crippen LogP contribution in [0, 0.1) is 17.3 Å². The summed E-state index contributed by atoms with van der Waals surface area (Å²) in [6.45, 7) is 12.6. The highest BCUT2D eigenvalue weighted by atomic mass is 16.5. The topological polar surface area (TPSA) is 206 Å². The van der Waals surface area contributed by atoms with Crippen molar-refractivity contribution in [3.8, 4) is 28.1 Å². The third-order valence-electron chi connectivity index (χ3n) is 13.8. The van der Waals surface area contributed by atoms with Crippen molar-refractivity contribution in [2.75, 3.05) is 33.9 Å². The van der Waals surface area contributed by atoms with E-state index in [1.54, 1.807) is 25.4 Å². The number of likely N-dealkylation sites (N-methyl/N-ethyl adjacent to an activating group) is 1. The summed E-state index contributed by atoms with van der Waals surface area (Å²) >= 11 is 0. The smallest absolute Gasteiger partial charge is 0.324 e. The van der Waals surface area contributed by atoms with Crippen molar-refractivity contribution in [2.24, 2.45) is 17.3 Å². The van der Waals surface area contributed by atoms with Crippen LogP contribution in [0.4, 0.5) is 0 Å². The second-order valence-corrected chi connectivity index (χ2v) is 20.0. The summed E-state index contributed by atoms with van der Waals surface area (Å²) in [5.41, 5.74) is 9.50. The SMILES string of the molecule is CCn1c(-c2cccnc2[C@H](C)OC)c2c3cc(ccc31)-c1cc(O)cc(c1)C[C@H](NC(=O)C(C(C)C)N(C)C(=O)CNC(=O)[C@@H]1N[C@@H]1C1CC1)C(=O)N1CCC[C@H](N1)C(=O)OCC(C)(C)C2. The molecule has 6 atom stereocenters. The van der Waals surface area contributed by atoms with Crippen molar-refractivity contribution in [3.63, 3.8) is 0 Å². The highest BCUT2D eigenvalue weighted by Crippen LogP contribution is 2.43. The van der Waals surface area contributed by atoms with Crippen molar-refractivity contribution in [1.82, 2.24) is 40.8 Å². The molecule has 4 aliphatic rings. The fourth-order valence-electron chi connectivity index (χ4n) is 10.1. The lowest BCUT2D eigenvalue weighted by molar-refractivity contribution is -0.155. The summed E-state index contributed by atoms with van der Waals surface area (Å²) < 4.78 is 14.2. The molecule has 16 nitrogen and oxygen atoms in total. The van der Waals surface area contributed by atoms with Crippen molar-refractivity contribution < 1.29 is 38.6 Å². The number of fused-ring (bicyclic) bond motifs is 6. The lowest BCUT2D eigenvalue weighted by Crippen LogP contribution is -2.62. The maximum absolute atomic E-state index is 14.7. The number of carbonyl (C=O) groups is 5. The number of phenolic OH excluding ortho intramolecular Hbond substituents is 1. The molecular formula is C51H66N8O8. The third kappa shape index (κ3) is 10.2. The summed E-state index contributed by atoms with van der Waals surface area (Å²) in [6.07, 6.45) is 5.14. The number of methoxy groups -OCH3 is 1. The maximum atomic E-state index is 14.7. The molecule has 16 heteroatoms. The number of aromatic hydroxyl groups is 1. The molecule has 6 bridgehead atoms. The second kappa shape index (κ2) is 19.4. The summed E-state index contributed by atoms with van der Waals surface area (Å²) in [5.74, 6) is -2.10. The normalized spacial score (nSPS) is 22.7. The van der Waals surface area contributed by atoms with Gasteiger partial charge in [-0.2, -0.15) is 0 Å². The van der Waals surface area contributed by atoms with Gasteiger partial charge in [-0.25, -0.2) is 5.43 Å². The zero-order valence-corrected chi connectivity index (χ0v) is 40.0. The molecule has 5 heterocycles. The Morgan fingerprint density at radius 2 is 1.84 bits per heavy atom. The summed E-state index contributed by atoms with van der Waals surface area (Å²) in [4.78, 5) is 75.5.